The molecule has 3 aromatic carbocycles. The minimum atomic E-state index is -3.69. The van der Waals surface area contributed by atoms with E-state index in [-0.39, 0.29) is 16.4 Å². The maximum Gasteiger partial charge on any atom is 0.261 e. The Balaban J connectivity index is 1.72. The lowest BCUT2D eigenvalue weighted by Gasteiger charge is -2.08. The van der Waals surface area contributed by atoms with Crippen molar-refractivity contribution in [1.82, 2.24) is 0 Å². The van der Waals surface area contributed by atoms with E-state index < -0.39 is 10.0 Å². The zero-order valence-electron chi connectivity index (χ0n) is 15.2. The summed E-state index contributed by atoms with van der Waals surface area (Å²) in [7, 11) is -3.69. The van der Waals surface area contributed by atoms with Crippen molar-refractivity contribution in [2.45, 2.75) is 11.8 Å². The molecule has 142 valence electrons. The van der Waals surface area contributed by atoms with Gasteiger partial charge in [-0.1, -0.05) is 35.9 Å². The predicted molar refractivity (Wildman–Crippen MR) is 110 cm³/mol. The average Bonchev–Trinajstić information content (AvgIpc) is 2.68. The van der Waals surface area contributed by atoms with E-state index in [2.05, 4.69) is 4.72 Å². The van der Waals surface area contributed by atoms with Gasteiger partial charge in [-0.2, -0.15) is 0 Å². The summed E-state index contributed by atoms with van der Waals surface area (Å²) < 4.78 is 27.3. The smallest absolute Gasteiger partial charge is 0.261 e. The quantitative estimate of drug-likeness (QED) is 0.480. The number of hydrogen-bond acceptors (Lipinski definition) is 4. The molecular weight excluding hydrogens is 374 g/mol. The number of nitrogens with one attached hydrogen (secondary N) is 1. The van der Waals surface area contributed by atoms with Gasteiger partial charge in [-0.05, 0) is 61.5 Å². The number of phenols is 1. The number of carbonyl (C=O) groups excluding carboxylic acids is 1. The summed E-state index contributed by atoms with van der Waals surface area (Å²) >= 11 is 0. The Hall–Kier alpha value is -3.38. The summed E-state index contributed by atoms with van der Waals surface area (Å²) in [4.78, 5) is 12.4. The Kier molecular flexibility index (Phi) is 5.61. The van der Waals surface area contributed by atoms with Gasteiger partial charge in [0.05, 0.1) is 4.90 Å². The third kappa shape index (κ3) is 4.66. The van der Waals surface area contributed by atoms with E-state index >= 15 is 0 Å². The van der Waals surface area contributed by atoms with Crippen molar-refractivity contribution >= 4 is 27.6 Å². The fraction of sp³-hybridized carbons (Fsp3) is 0.0455. The van der Waals surface area contributed by atoms with Crippen LogP contribution in [0.1, 0.15) is 21.5 Å². The molecule has 0 atom stereocenters. The van der Waals surface area contributed by atoms with Gasteiger partial charge >= 0.3 is 0 Å². The normalized spacial score (nSPS) is 11.5. The van der Waals surface area contributed by atoms with Crippen molar-refractivity contribution in [2.24, 2.45) is 0 Å². The molecule has 0 aliphatic rings. The number of para-hydroxylation sites is 1. The molecule has 0 saturated heterocycles. The third-order valence-corrected chi connectivity index (χ3v) is 5.50. The number of rotatable bonds is 6. The van der Waals surface area contributed by atoms with E-state index in [1.54, 1.807) is 60.7 Å². The number of aryl methyl sites for hydroxylation is 1. The molecule has 0 amide bonds. The van der Waals surface area contributed by atoms with Crippen molar-refractivity contribution in [1.29, 1.82) is 0 Å². The molecule has 3 rings (SSSR count). The minimum absolute atomic E-state index is 0.0902. The predicted octanol–water partition coefficient (Wildman–Crippen LogP) is 4.40. The zero-order valence-corrected chi connectivity index (χ0v) is 16.0. The van der Waals surface area contributed by atoms with Crippen LogP contribution in [0.15, 0.2) is 83.8 Å². The van der Waals surface area contributed by atoms with Crippen LogP contribution in [0.4, 0.5) is 5.69 Å². The highest BCUT2D eigenvalue weighted by atomic mass is 32.2. The number of ketones is 1. The summed E-state index contributed by atoms with van der Waals surface area (Å²) in [5.41, 5.74) is 2.28. The Morgan fingerprint density at radius 3 is 2.21 bits per heavy atom. The van der Waals surface area contributed by atoms with E-state index in [0.717, 1.165) is 5.56 Å². The first-order chi connectivity index (χ1) is 13.3. The average molecular weight is 393 g/mol. The molecule has 0 aromatic heterocycles. The molecule has 0 unspecified atom stereocenters. The van der Waals surface area contributed by atoms with Gasteiger partial charge in [0, 0.05) is 16.8 Å². The van der Waals surface area contributed by atoms with Crippen LogP contribution in [0.2, 0.25) is 0 Å². The summed E-state index contributed by atoms with van der Waals surface area (Å²) in [6.45, 7) is 1.88. The molecule has 0 heterocycles. The number of carbonyl (C=O) groups is 1. The highest BCUT2D eigenvalue weighted by Crippen LogP contribution is 2.19. The Morgan fingerprint density at radius 2 is 1.57 bits per heavy atom. The van der Waals surface area contributed by atoms with Crippen molar-refractivity contribution in [3.05, 3.63) is 95.6 Å². The van der Waals surface area contributed by atoms with Crippen LogP contribution in [0, 0.1) is 6.92 Å². The SMILES string of the molecule is Cc1ccc(S(=O)(=O)Nc2ccc(C(=O)/C=C/c3ccccc3O)cc2)cc1. The Morgan fingerprint density at radius 1 is 0.929 bits per heavy atom. The lowest BCUT2D eigenvalue weighted by Crippen LogP contribution is -2.13. The van der Waals surface area contributed by atoms with E-state index in [1.807, 2.05) is 6.92 Å². The highest BCUT2D eigenvalue weighted by Gasteiger charge is 2.14. The second-order valence-electron chi connectivity index (χ2n) is 6.25. The van der Waals surface area contributed by atoms with Gasteiger partial charge < -0.3 is 5.11 Å². The summed E-state index contributed by atoms with van der Waals surface area (Å²) in [5, 5.41) is 9.72. The van der Waals surface area contributed by atoms with Crippen LogP contribution in [0.3, 0.4) is 0 Å². The van der Waals surface area contributed by atoms with Crippen LogP contribution in [-0.2, 0) is 10.0 Å². The van der Waals surface area contributed by atoms with Crippen LogP contribution >= 0.6 is 0 Å². The van der Waals surface area contributed by atoms with Gasteiger partial charge in [0.2, 0.25) is 0 Å². The van der Waals surface area contributed by atoms with Crippen molar-refractivity contribution in [2.75, 3.05) is 4.72 Å². The molecule has 5 nitrogen and oxygen atoms in total. The number of allylic oxidation sites excluding steroid dienone is 1. The second-order valence-corrected chi connectivity index (χ2v) is 7.93. The maximum atomic E-state index is 12.4. The molecular formula is C22H19NO4S. The number of phenolic OH excluding ortho intramolecular Hbond substituents is 1. The fourth-order valence-corrected chi connectivity index (χ4v) is 3.58. The van der Waals surface area contributed by atoms with Crippen LogP contribution in [0.5, 0.6) is 5.75 Å². The number of sulfonamides is 1. The molecule has 0 saturated carbocycles. The number of benzene rings is 3. The Bertz CT molecular complexity index is 1120. The first-order valence-corrected chi connectivity index (χ1v) is 10.0. The monoisotopic (exact) mass is 393 g/mol. The molecule has 2 N–H and O–H groups in total. The number of hydrogen-bond donors (Lipinski definition) is 2. The van der Waals surface area contributed by atoms with Gasteiger partial charge in [0.15, 0.2) is 5.78 Å². The van der Waals surface area contributed by atoms with Crippen molar-refractivity contribution < 1.29 is 18.3 Å². The molecule has 0 aliphatic carbocycles. The molecule has 28 heavy (non-hydrogen) atoms. The molecule has 0 bridgehead atoms. The van der Waals surface area contributed by atoms with E-state index in [1.165, 1.54) is 24.3 Å². The van der Waals surface area contributed by atoms with Gasteiger partial charge in [-0.3, -0.25) is 9.52 Å². The molecule has 3 aromatic rings. The molecule has 0 spiro atoms. The summed E-state index contributed by atoms with van der Waals surface area (Å²) in [5.74, 6) is -0.163. The van der Waals surface area contributed by atoms with Crippen molar-refractivity contribution in [3.63, 3.8) is 0 Å². The second kappa shape index (κ2) is 8.10. The topological polar surface area (TPSA) is 83.5 Å². The summed E-state index contributed by atoms with van der Waals surface area (Å²) in [6.07, 6.45) is 2.90. The highest BCUT2D eigenvalue weighted by molar-refractivity contribution is 7.92. The van der Waals surface area contributed by atoms with E-state index in [4.69, 9.17) is 0 Å². The number of aromatic hydroxyl groups is 1. The minimum Gasteiger partial charge on any atom is -0.507 e. The van der Waals surface area contributed by atoms with Gasteiger partial charge in [0.25, 0.3) is 10.0 Å². The first-order valence-electron chi connectivity index (χ1n) is 8.55. The van der Waals surface area contributed by atoms with E-state index in [0.29, 0.717) is 16.8 Å². The Labute approximate surface area is 164 Å². The zero-order chi connectivity index (χ0) is 20.1. The fourth-order valence-electron chi connectivity index (χ4n) is 2.52. The molecule has 0 radical (unpaired) electrons. The van der Waals surface area contributed by atoms with Crippen LogP contribution < -0.4 is 4.72 Å². The molecule has 0 aliphatic heterocycles. The van der Waals surface area contributed by atoms with Crippen LogP contribution in [-0.4, -0.2) is 19.3 Å². The van der Waals surface area contributed by atoms with Gasteiger partial charge in [-0.25, -0.2) is 8.42 Å². The third-order valence-electron chi connectivity index (χ3n) is 4.10. The van der Waals surface area contributed by atoms with Crippen molar-refractivity contribution in [3.8, 4) is 5.75 Å². The maximum absolute atomic E-state index is 12.4. The largest absolute Gasteiger partial charge is 0.507 e. The molecule has 0 fully saturated rings. The van der Waals surface area contributed by atoms with Crippen LogP contribution in [0.25, 0.3) is 6.08 Å². The van der Waals surface area contributed by atoms with E-state index in [9.17, 15) is 18.3 Å². The summed E-state index contributed by atoms with van der Waals surface area (Å²) in [6, 6.07) is 19.4. The van der Waals surface area contributed by atoms with Gasteiger partial charge in [-0.15, -0.1) is 0 Å². The van der Waals surface area contributed by atoms with Gasteiger partial charge in [0.1, 0.15) is 5.75 Å². The molecule has 6 heteroatoms. The standard InChI is InChI=1S/C22H19NO4S/c1-16-6-13-20(14-7-16)28(26,27)23-19-11-8-18(9-12-19)22(25)15-10-17-4-2-3-5-21(17)24/h2-15,23-24H,1H3/b15-10+. The first kappa shape index (κ1) is 19.4. The number of anilines is 1. The lowest BCUT2D eigenvalue weighted by atomic mass is 10.1. The lowest BCUT2D eigenvalue weighted by molar-refractivity contribution is 0.104.